The van der Waals surface area contributed by atoms with E-state index < -0.39 is 0 Å². The molecule has 6 nitrogen and oxygen atoms in total. The van der Waals surface area contributed by atoms with Gasteiger partial charge in [-0.05, 0) is 18.1 Å². The summed E-state index contributed by atoms with van der Waals surface area (Å²) in [5.41, 5.74) is 2.31. The van der Waals surface area contributed by atoms with Gasteiger partial charge in [-0.15, -0.1) is 0 Å². The molecule has 1 aromatic heterocycles. The number of pyridine rings is 1. The molecule has 1 N–H and O–H groups in total. The van der Waals surface area contributed by atoms with Crippen molar-refractivity contribution in [2.75, 3.05) is 38.8 Å². The number of nitrogens with one attached hydrogen (secondary N) is 1. The molecule has 0 aliphatic carbocycles. The molecule has 2 aliphatic rings. The van der Waals surface area contributed by atoms with Crippen molar-refractivity contribution in [2.24, 2.45) is 5.92 Å². The lowest BCUT2D eigenvalue weighted by Gasteiger charge is -2.32. The molecule has 2 aromatic rings. The average Bonchev–Trinajstić information content (AvgIpc) is 3.12. The van der Waals surface area contributed by atoms with Gasteiger partial charge in [0.1, 0.15) is 5.82 Å². The summed E-state index contributed by atoms with van der Waals surface area (Å²) in [5.74, 6) is 1.57. The van der Waals surface area contributed by atoms with Gasteiger partial charge < -0.3 is 19.9 Å². The number of amides is 2. The fourth-order valence-electron chi connectivity index (χ4n) is 4.53. The fraction of sp³-hybridized carbons (Fsp3) is 0.455. The lowest BCUT2D eigenvalue weighted by Crippen LogP contribution is -2.46. The third-order valence-corrected chi connectivity index (χ3v) is 5.88. The number of anilines is 1. The Morgan fingerprint density at radius 1 is 1.25 bits per heavy atom. The molecule has 6 heteroatoms. The van der Waals surface area contributed by atoms with Crippen molar-refractivity contribution in [3.05, 3.63) is 59.8 Å². The second-order valence-corrected chi connectivity index (χ2v) is 7.80. The third kappa shape index (κ3) is 3.69. The van der Waals surface area contributed by atoms with Gasteiger partial charge in [0.25, 0.3) is 0 Å². The highest BCUT2D eigenvalue weighted by Crippen LogP contribution is 2.40. The molecule has 2 saturated heterocycles. The lowest BCUT2D eigenvalue weighted by atomic mass is 9.84. The normalized spacial score (nSPS) is 23.9. The van der Waals surface area contributed by atoms with Gasteiger partial charge in [-0.2, -0.15) is 0 Å². The van der Waals surface area contributed by atoms with Crippen LogP contribution in [0.25, 0.3) is 0 Å². The number of carbonyl (C=O) groups is 1. The minimum Gasteiger partial charge on any atom is -0.381 e. The number of hydrogen-bond donors (Lipinski definition) is 1. The van der Waals surface area contributed by atoms with E-state index in [4.69, 9.17) is 4.74 Å². The maximum Gasteiger partial charge on any atom is 0.317 e. The van der Waals surface area contributed by atoms with Gasteiger partial charge in [-0.3, -0.25) is 0 Å². The molecule has 4 rings (SSSR count). The first-order valence-electron chi connectivity index (χ1n) is 9.93. The molecular formula is C22H28N4O2. The molecule has 28 heavy (non-hydrogen) atoms. The van der Waals surface area contributed by atoms with Crippen molar-refractivity contribution in [1.29, 1.82) is 0 Å². The van der Waals surface area contributed by atoms with Crippen molar-refractivity contribution in [1.82, 2.24) is 15.2 Å². The van der Waals surface area contributed by atoms with Crippen LogP contribution in [0, 0.1) is 5.92 Å². The van der Waals surface area contributed by atoms with Crippen molar-refractivity contribution in [3.63, 3.8) is 0 Å². The number of likely N-dealkylation sites (tertiary alicyclic amines) is 1. The van der Waals surface area contributed by atoms with E-state index in [-0.39, 0.29) is 12.1 Å². The third-order valence-electron chi connectivity index (χ3n) is 5.88. The number of nitrogens with zero attached hydrogens (tertiary/aromatic N) is 3. The maximum absolute atomic E-state index is 13.1. The number of hydrogen-bond acceptors (Lipinski definition) is 4. The van der Waals surface area contributed by atoms with Crippen molar-refractivity contribution in [3.8, 4) is 0 Å². The number of benzene rings is 1. The minimum atomic E-state index is 0.00360. The minimum absolute atomic E-state index is 0.00360. The molecule has 0 radical (unpaired) electrons. The van der Waals surface area contributed by atoms with Crippen LogP contribution < -0.4 is 10.2 Å². The number of aromatic nitrogens is 1. The van der Waals surface area contributed by atoms with Gasteiger partial charge in [0.15, 0.2) is 0 Å². The number of carbonyl (C=O) groups excluding carboxylic acids is 1. The van der Waals surface area contributed by atoms with E-state index >= 15 is 0 Å². The zero-order valence-electron chi connectivity index (χ0n) is 16.5. The first-order valence-corrected chi connectivity index (χ1v) is 9.93. The second-order valence-electron chi connectivity index (χ2n) is 7.80. The van der Waals surface area contributed by atoms with Crippen LogP contribution in [-0.4, -0.2) is 55.8 Å². The zero-order chi connectivity index (χ0) is 19.5. The van der Waals surface area contributed by atoms with Crippen LogP contribution in [0.5, 0.6) is 0 Å². The van der Waals surface area contributed by atoms with E-state index in [0.29, 0.717) is 18.4 Å². The van der Waals surface area contributed by atoms with Crippen LogP contribution in [0.15, 0.2) is 48.7 Å². The zero-order valence-corrected chi connectivity index (χ0v) is 16.5. The molecule has 0 saturated carbocycles. The van der Waals surface area contributed by atoms with Crippen LogP contribution in [-0.2, 0) is 11.3 Å². The SMILES string of the molecule is CN(C)c1ncccc1CNC(=O)N1CC(c2ccccc2)C2COCCC21. The van der Waals surface area contributed by atoms with E-state index in [1.807, 2.05) is 42.1 Å². The van der Waals surface area contributed by atoms with Crippen molar-refractivity contribution in [2.45, 2.75) is 24.9 Å². The number of urea groups is 1. The Morgan fingerprint density at radius 3 is 2.86 bits per heavy atom. The van der Waals surface area contributed by atoms with Crippen LogP contribution in [0.3, 0.4) is 0 Å². The van der Waals surface area contributed by atoms with Crippen molar-refractivity contribution >= 4 is 11.8 Å². The summed E-state index contributed by atoms with van der Waals surface area (Å²) in [7, 11) is 3.93. The van der Waals surface area contributed by atoms with E-state index in [2.05, 4.69) is 34.6 Å². The molecule has 148 valence electrons. The molecule has 2 aliphatic heterocycles. The number of rotatable bonds is 4. The summed E-state index contributed by atoms with van der Waals surface area (Å²) in [6.45, 7) is 2.66. The predicted octanol–water partition coefficient (Wildman–Crippen LogP) is 2.86. The topological polar surface area (TPSA) is 57.7 Å². The quantitative estimate of drug-likeness (QED) is 0.886. The van der Waals surface area contributed by atoms with Crippen LogP contribution in [0.2, 0.25) is 0 Å². The Hall–Kier alpha value is -2.60. The van der Waals surface area contributed by atoms with Crippen LogP contribution in [0.4, 0.5) is 10.6 Å². The number of ether oxygens (including phenoxy) is 1. The Bertz CT molecular complexity index is 811. The van der Waals surface area contributed by atoms with Crippen LogP contribution in [0.1, 0.15) is 23.5 Å². The molecule has 3 unspecified atom stereocenters. The summed E-state index contributed by atoms with van der Waals surface area (Å²) < 4.78 is 5.76. The van der Waals surface area contributed by atoms with Crippen molar-refractivity contribution < 1.29 is 9.53 Å². The van der Waals surface area contributed by atoms with Gasteiger partial charge in [0.2, 0.25) is 0 Å². The highest BCUT2D eigenvalue weighted by Gasteiger charge is 2.45. The van der Waals surface area contributed by atoms with Gasteiger partial charge in [0.05, 0.1) is 6.61 Å². The molecule has 3 heterocycles. The summed E-state index contributed by atoms with van der Waals surface area (Å²) in [6.07, 6.45) is 2.68. The smallest absolute Gasteiger partial charge is 0.317 e. The maximum atomic E-state index is 13.1. The van der Waals surface area contributed by atoms with E-state index in [9.17, 15) is 4.79 Å². The Labute approximate surface area is 166 Å². The fourth-order valence-corrected chi connectivity index (χ4v) is 4.53. The number of fused-ring (bicyclic) bond motifs is 1. The molecule has 2 fully saturated rings. The summed E-state index contributed by atoms with van der Waals surface area (Å²) in [4.78, 5) is 21.5. The molecule has 0 spiro atoms. The highest BCUT2D eigenvalue weighted by molar-refractivity contribution is 5.75. The van der Waals surface area contributed by atoms with Gasteiger partial charge in [0, 0.05) is 63.4 Å². The molecule has 3 atom stereocenters. The van der Waals surface area contributed by atoms with Gasteiger partial charge in [-0.25, -0.2) is 9.78 Å². The Balaban J connectivity index is 1.48. The molecule has 0 bridgehead atoms. The molecule has 1 aromatic carbocycles. The monoisotopic (exact) mass is 380 g/mol. The first kappa shape index (κ1) is 18.7. The van der Waals surface area contributed by atoms with Gasteiger partial charge >= 0.3 is 6.03 Å². The summed E-state index contributed by atoms with van der Waals surface area (Å²) in [5, 5.41) is 3.12. The average molecular weight is 380 g/mol. The van der Waals surface area contributed by atoms with E-state index in [0.717, 1.165) is 37.6 Å². The largest absolute Gasteiger partial charge is 0.381 e. The molecule has 2 amide bonds. The summed E-state index contributed by atoms with van der Waals surface area (Å²) >= 11 is 0. The van der Waals surface area contributed by atoms with Crippen LogP contribution >= 0.6 is 0 Å². The summed E-state index contributed by atoms with van der Waals surface area (Å²) in [6, 6.07) is 14.7. The van der Waals surface area contributed by atoms with E-state index in [1.165, 1.54) is 5.56 Å². The highest BCUT2D eigenvalue weighted by atomic mass is 16.5. The first-order chi connectivity index (χ1) is 13.6. The molecular weight excluding hydrogens is 352 g/mol. The predicted molar refractivity (Wildman–Crippen MR) is 109 cm³/mol. The second kappa shape index (κ2) is 8.19. The Kier molecular flexibility index (Phi) is 5.48. The van der Waals surface area contributed by atoms with E-state index in [1.54, 1.807) is 6.20 Å². The van der Waals surface area contributed by atoms with Gasteiger partial charge in [-0.1, -0.05) is 36.4 Å². The Morgan fingerprint density at radius 2 is 2.07 bits per heavy atom. The lowest BCUT2D eigenvalue weighted by molar-refractivity contribution is 0.0261. The standard InChI is InChI=1S/C22H28N4O2/c1-25(2)21-17(9-6-11-23-21)13-24-22(27)26-14-18(16-7-4-3-5-8-16)19-15-28-12-10-20(19)26/h3-9,11,18-20H,10,12-15H2,1-2H3,(H,24,27).